The Morgan fingerprint density at radius 2 is 1.89 bits per heavy atom. The maximum Gasteiger partial charge on any atom is 0.0593 e. The highest BCUT2D eigenvalue weighted by atomic mass is 16.5. The van der Waals surface area contributed by atoms with Gasteiger partial charge in [0.05, 0.1) is 6.61 Å². The van der Waals surface area contributed by atoms with Crippen molar-refractivity contribution in [2.75, 3.05) is 33.4 Å². The third kappa shape index (κ3) is 5.31. The second kappa shape index (κ2) is 7.63. The van der Waals surface area contributed by atoms with E-state index in [9.17, 15) is 0 Å². The maximum absolute atomic E-state index is 6.42. The first-order valence-corrected chi connectivity index (χ1v) is 7.04. The summed E-state index contributed by atoms with van der Waals surface area (Å²) in [4.78, 5) is 2.29. The number of likely N-dealkylation sites (N-methyl/N-ethyl adjacent to an activating group) is 1. The van der Waals surface area contributed by atoms with Crippen molar-refractivity contribution >= 4 is 0 Å². The molecule has 3 heteroatoms. The van der Waals surface area contributed by atoms with Crippen molar-refractivity contribution in [3.63, 3.8) is 0 Å². The minimum Gasteiger partial charge on any atom is -0.380 e. The molecule has 3 nitrogen and oxygen atoms in total. The molecule has 1 unspecified atom stereocenters. The Kier molecular flexibility index (Phi) is 6.49. The van der Waals surface area contributed by atoms with E-state index in [1.165, 1.54) is 5.56 Å². The van der Waals surface area contributed by atoms with Crippen molar-refractivity contribution in [2.45, 2.75) is 26.8 Å². The average Bonchev–Trinajstić information content (AvgIpc) is 2.38. The summed E-state index contributed by atoms with van der Waals surface area (Å²) in [6.07, 6.45) is 0. The molecule has 0 amide bonds. The number of nitrogens with zero attached hydrogens (tertiary/aromatic N) is 1. The van der Waals surface area contributed by atoms with Gasteiger partial charge in [0, 0.05) is 25.7 Å². The van der Waals surface area contributed by atoms with Crippen LogP contribution in [0.2, 0.25) is 0 Å². The zero-order chi connectivity index (χ0) is 14.3. The summed E-state index contributed by atoms with van der Waals surface area (Å²) in [7, 11) is 2.12. The number of ether oxygens (including phenoxy) is 1. The molecule has 1 aromatic rings. The quantitative estimate of drug-likeness (QED) is 0.734. The largest absolute Gasteiger partial charge is 0.380 e. The molecule has 0 aliphatic carbocycles. The van der Waals surface area contributed by atoms with Gasteiger partial charge >= 0.3 is 0 Å². The van der Waals surface area contributed by atoms with E-state index in [0.29, 0.717) is 0 Å². The van der Waals surface area contributed by atoms with Gasteiger partial charge in [-0.15, -0.1) is 0 Å². The number of hydrogen-bond donors (Lipinski definition) is 1. The molecule has 0 saturated carbocycles. The van der Waals surface area contributed by atoms with E-state index in [0.717, 1.165) is 26.3 Å². The summed E-state index contributed by atoms with van der Waals surface area (Å²) in [5, 5.41) is 0. The van der Waals surface area contributed by atoms with E-state index in [-0.39, 0.29) is 11.5 Å². The Morgan fingerprint density at radius 1 is 1.26 bits per heavy atom. The molecular formula is C16H28N2O. The highest BCUT2D eigenvalue weighted by molar-refractivity contribution is 5.20. The summed E-state index contributed by atoms with van der Waals surface area (Å²) in [6, 6.07) is 10.4. The minimum atomic E-state index is 0.0301. The molecule has 0 aliphatic heterocycles. The molecule has 1 aromatic carbocycles. The lowest BCUT2D eigenvalue weighted by molar-refractivity contribution is 0.101. The molecule has 0 radical (unpaired) electrons. The van der Waals surface area contributed by atoms with Crippen LogP contribution in [0.5, 0.6) is 0 Å². The summed E-state index contributed by atoms with van der Waals surface area (Å²) in [6.45, 7) is 9.93. The van der Waals surface area contributed by atoms with Crippen LogP contribution < -0.4 is 5.73 Å². The van der Waals surface area contributed by atoms with Crippen LogP contribution in [0.4, 0.5) is 0 Å². The van der Waals surface area contributed by atoms with Crippen LogP contribution >= 0.6 is 0 Å². The van der Waals surface area contributed by atoms with Crippen LogP contribution in [-0.2, 0) is 4.74 Å². The van der Waals surface area contributed by atoms with Gasteiger partial charge in [-0.05, 0) is 24.9 Å². The van der Waals surface area contributed by atoms with E-state index in [2.05, 4.69) is 37.9 Å². The van der Waals surface area contributed by atoms with Gasteiger partial charge in [-0.25, -0.2) is 0 Å². The summed E-state index contributed by atoms with van der Waals surface area (Å²) in [5.74, 6) is 0. The van der Waals surface area contributed by atoms with Gasteiger partial charge in [-0.1, -0.05) is 44.2 Å². The average molecular weight is 264 g/mol. The van der Waals surface area contributed by atoms with Crippen LogP contribution in [-0.4, -0.2) is 38.3 Å². The van der Waals surface area contributed by atoms with Crippen molar-refractivity contribution < 1.29 is 4.74 Å². The maximum atomic E-state index is 6.42. The first-order chi connectivity index (χ1) is 8.97. The third-order valence-electron chi connectivity index (χ3n) is 3.50. The van der Waals surface area contributed by atoms with Gasteiger partial charge in [0.15, 0.2) is 0 Å². The fourth-order valence-corrected chi connectivity index (χ4v) is 2.35. The molecule has 0 spiro atoms. The van der Waals surface area contributed by atoms with Gasteiger partial charge in [0.25, 0.3) is 0 Å². The Hall–Kier alpha value is -0.900. The number of hydrogen-bond acceptors (Lipinski definition) is 3. The standard InChI is InChI=1S/C16H28N2O/c1-5-19-12-11-18(4)13-16(2,3)15(17)14-9-7-6-8-10-14/h6-10,15H,5,11-13,17H2,1-4H3. The number of rotatable bonds is 8. The highest BCUT2D eigenvalue weighted by Crippen LogP contribution is 2.31. The Bertz CT molecular complexity index is 351. The van der Waals surface area contributed by atoms with Crippen molar-refractivity contribution in [1.29, 1.82) is 0 Å². The molecule has 108 valence electrons. The van der Waals surface area contributed by atoms with Crippen molar-refractivity contribution in [2.24, 2.45) is 11.1 Å². The highest BCUT2D eigenvalue weighted by Gasteiger charge is 2.28. The first kappa shape index (κ1) is 16.2. The molecule has 1 rings (SSSR count). The fraction of sp³-hybridized carbons (Fsp3) is 0.625. The van der Waals surface area contributed by atoms with Crippen molar-refractivity contribution in [1.82, 2.24) is 4.90 Å². The second-order valence-electron chi connectivity index (χ2n) is 5.81. The van der Waals surface area contributed by atoms with E-state index in [1.54, 1.807) is 0 Å². The molecule has 0 aliphatic rings. The molecular weight excluding hydrogens is 236 g/mol. The first-order valence-electron chi connectivity index (χ1n) is 7.04. The molecule has 0 fully saturated rings. The van der Waals surface area contributed by atoms with Crippen LogP contribution in [0.3, 0.4) is 0 Å². The zero-order valence-corrected chi connectivity index (χ0v) is 12.7. The molecule has 0 saturated heterocycles. The smallest absolute Gasteiger partial charge is 0.0593 e. The monoisotopic (exact) mass is 264 g/mol. The van der Waals surface area contributed by atoms with Crippen LogP contribution in [0.25, 0.3) is 0 Å². The van der Waals surface area contributed by atoms with Crippen LogP contribution in [0.1, 0.15) is 32.4 Å². The molecule has 0 heterocycles. The predicted molar refractivity (Wildman–Crippen MR) is 81.1 cm³/mol. The molecule has 2 N–H and O–H groups in total. The second-order valence-corrected chi connectivity index (χ2v) is 5.81. The summed E-state index contributed by atoms with van der Waals surface area (Å²) in [5.41, 5.74) is 7.65. The molecule has 0 aromatic heterocycles. The van der Waals surface area contributed by atoms with E-state index in [4.69, 9.17) is 10.5 Å². The van der Waals surface area contributed by atoms with Gasteiger partial charge in [-0.3, -0.25) is 0 Å². The molecule has 0 bridgehead atoms. The predicted octanol–water partition coefficient (Wildman–Crippen LogP) is 2.68. The molecule has 1 atom stereocenters. The molecule has 19 heavy (non-hydrogen) atoms. The fourth-order valence-electron chi connectivity index (χ4n) is 2.35. The minimum absolute atomic E-state index is 0.0301. The van der Waals surface area contributed by atoms with Gasteiger partial charge in [0.1, 0.15) is 0 Å². The summed E-state index contributed by atoms with van der Waals surface area (Å²) >= 11 is 0. The van der Waals surface area contributed by atoms with Crippen molar-refractivity contribution in [3.05, 3.63) is 35.9 Å². The van der Waals surface area contributed by atoms with Crippen LogP contribution in [0.15, 0.2) is 30.3 Å². The summed E-state index contributed by atoms with van der Waals surface area (Å²) < 4.78 is 5.39. The van der Waals surface area contributed by atoms with Crippen LogP contribution in [0, 0.1) is 5.41 Å². The Labute approximate surface area is 117 Å². The number of benzene rings is 1. The van der Waals surface area contributed by atoms with Crippen molar-refractivity contribution in [3.8, 4) is 0 Å². The normalized spacial score (nSPS) is 13.8. The lowest BCUT2D eigenvalue weighted by atomic mass is 9.80. The van der Waals surface area contributed by atoms with Gasteiger partial charge < -0.3 is 15.4 Å². The number of nitrogens with two attached hydrogens (primary N) is 1. The third-order valence-corrected chi connectivity index (χ3v) is 3.50. The van der Waals surface area contributed by atoms with E-state index in [1.807, 2.05) is 25.1 Å². The Morgan fingerprint density at radius 3 is 2.47 bits per heavy atom. The van der Waals surface area contributed by atoms with Gasteiger partial charge in [0.2, 0.25) is 0 Å². The Balaban J connectivity index is 2.54. The lowest BCUT2D eigenvalue weighted by Gasteiger charge is -2.35. The topological polar surface area (TPSA) is 38.5 Å². The van der Waals surface area contributed by atoms with E-state index < -0.39 is 0 Å². The lowest BCUT2D eigenvalue weighted by Crippen LogP contribution is -2.40. The zero-order valence-electron chi connectivity index (χ0n) is 12.7. The van der Waals surface area contributed by atoms with E-state index >= 15 is 0 Å². The van der Waals surface area contributed by atoms with Gasteiger partial charge in [-0.2, -0.15) is 0 Å². The SMILES string of the molecule is CCOCCN(C)CC(C)(C)C(N)c1ccccc1.